The molecule has 1 fully saturated rings. The number of ketones is 1. The van der Waals surface area contributed by atoms with Gasteiger partial charge < -0.3 is 10.4 Å². The van der Waals surface area contributed by atoms with E-state index in [1.165, 1.54) is 42.6 Å². The smallest absolute Gasteiger partial charge is 0.390 e. The second-order valence-electron chi connectivity index (χ2n) is 7.95. The number of halogens is 3. The lowest BCUT2D eigenvalue weighted by Crippen LogP contribution is -2.31. The van der Waals surface area contributed by atoms with E-state index in [1.54, 1.807) is 0 Å². The van der Waals surface area contributed by atoms with Crippen LogP contribution in [0.1, 0.15) is 38.6 Å². The number of carbonyl (C=O) groups excluding carboxylic acids is 1. The maximum atomic E-state index is 13.1. The zero-order chi connectivity index (χ0) is 26.1. The minimum absolute atomic E-state index is 0.0354. The number of aromatic nitrogens is 4. The molecule has 1 aliphatic rings. The van der Waals surface area contributed by atoms with Gasteiger partial charge in [-0.2, -0.15) is 31.4 Å². The molecule has 0 spiro atoms. The topological polar surface area (TPSA) is 148 Å². The lowest BCUT2D eigenvalue weighted by Gasteiger charge is -2.15. The SMILES string of the molecule is CNS(=O)(=O)O[C@@H]1C[C@H](Nc2ncncc2C(=O)c2ccn(Cc3ccc(C(F)(F)F)s3)n2)C[C@@H]1O. The summed E-state index contributed by atoms with van der Waals surface area (Å²) in [6.07, 6.45) is -2.19. The number of carbonyl (C=O) groups is 1. The molecular formula is C20H21F3N6O5S2. The van der Waals surface area contributed by atoms with Crippen LogP contribution in [0.3, 0.4) is 0 Å². The van der Waals surface area contributed by atoms with Crippen LogP contribution < -0.4 is 10.0 Å². The minimum Gasteiger partial charge on any atom is -0.390 e. The number of nitrogens with one attached hydrogen (secondary N) is 2. The van der Waals surface area contributed by atoms with Gasteiger partial charge in [-0.1, -0.05) is 0 Å². The average Bonchev–Trinajstić information content (AvgIpc) is 3.55. The highest BCUT2D eigenvalue weighted by atomic mass is 32.2. The van der Waals surface area contributed by atoms with Gasteiger partial charge in [0.2, 0.25) is 5.78 Å². The Morgan fingerprint density at radius 1 is 1.31 bits per heavy atom. The zero-order valence-corrected chi connectivity index (χ0v) is 20.3. The van der Waals surface area contributed by atoms with Gasteiger partial charge in [0.25, 0.3) is 0 Å². The number of aliphatic hydroxyl groups excluding tert-OH is 1. The molecule has 16 heteroatoms. The largest absolute Gasteiger partial charge is 0.425 e. The van der Waals surface area contributed by atoms with E-state index in [4.69, 9.17) is 4.18 Å². The van der Waals surface area contributed by atoms with E-state index < -0.39 is 45.4 Å². The summed E-state index contributed by atoms with van der Waals surface area (Å²) in [5.74, 6) is -0.366. The average molecular weight is 547 g/mol. The monoisotopic (exact) mass is 546 g/mol. The third kappa shape index (κ3) is 6.07. The molecule has 36 heavy (non-hydrogen) atoms. The predicted molar refractivity (Wildman–Crippen MR) is 122 cm³/mol. The van der Waals surface area contributed by atoms with Crippen LogP contribution in [-0.2, 0) is 27.2 Å². The van der Waals surface area contributed by atoms with Crippen LogP contribution in [0.25, 0.3) is 0 Å². The number of nitrogens with zero attached hydrogens (tertiary/aromatic N) is 4. The van der Waals surface area contributed by atoms with Crippen LogP contribution in [0.5, 0.6) is 0 Å². The molecule has 0 saturated heterocycles. The third-order valence-corrected chi connectivity index (χ3v) is 7.52. The van der Waals surface area contributed by atoms with Crippen LogP contribution in [0.2, 0.25) is 0 Å². The molecule has 4 rings (SSSR count). The number of alkyl halides is 3. The fourth-order valence-corrected chi connectivity index (χ4v) is 5.19. The van der Waals surface area contributed by atoms with Gasteiger partial charge in [0.05, 0.1) is 18.2 Å². The van der Waals surface area contributed by atoms with E-state index in [-0.39, 0.29) is 36.5 Å². The normalized spacial score (nSPS) is 20.5. The molecule has 3 atom stereocenters. The second-order valence-corrected chi connectivity index (χ2v) is 10.6. The van der Waals surface area contributed by atoms with Crippen molar-refractivity contribution in [3.05, 3.63) is 57.9 Å². The van der Waals surface area contributed by atoms with E-state index in [2.05, 4.69) is 20.4 Å². The minimum atomic E-state index is -4.42. The molecule has 3 N–H and O–H groups in total. The molecule has 3 heterocycles. The molecule has 0 unspecified atom stereocenters. The number of hydrogen-bond donors (Lipinski definition) is 3. The van der Waals surface area contributed by atoms with E-state index >= 15 is 0 Å². The Morgan fingerprint density at radius 3 is 2.78 bits per heavy atom. The van der Waals surface area contributed by atoms with Gasteiger partial charge in [-0.05, 0) is 31.0 Å². The van der Waals surface area contributed by atoms with Crippen molar-refractivity contribution < 1.29 is 35.7 Å². The van der Waals surface area contributed by atoms with Crippen molar-refractivity contribution in [3.8, 4) is 0 Å². The summed E-state index contributed by atoms with van der Waals surface area (Å²) in [6.45, 7) is 0.0568. The number of hydrogen-bond acceptors (Lipinski definition) is 10. The van der Waals surface area contributed by atoms with Crippen molar-refractivity contribution in [1.82, 2.24) is 24.5 Å². The Kier molecular flexibility index (Phi) is 7.42. The van der Waals surface area contributed by atoms with Crippen molar-refractivity contribution in [1.29, 1.82) is 0 Å². The first-order chi connectivity index (χ1) is 16.9. The first kappa shape index (κ1) is 26.2. The lowest BCUT2D eigenvalue weighted by molar-refractivity contribution is -0.134. The molecule has 3 aromatic heterocycles. The van der Waals surface area contributed by atoms with Crippen LogP contribution in [0.15, 0.2) is 36.9 Å². The first-order valence-electron chi connectivity index (χ1n) is 10.6. The van der Waals surface area contributed by atoms with Gasteiger partial charge in [0.15, 0.2) is 0 Å². The Hall–Kier alpha value is -2.92. The third-order valence-electron chi connectivity index (χ3n) is 5.40. The molecule has 0 bridgehead atoms. The van der Waals surface area contributed by atoms with Crippen LogP contribution >= 0.6 is 11.3 Å². The summed E-state index contributed by atoms with van der Waals surface area (Å²) in [6, 6.07) is 3.35. The summed E-state index contributed by atoms with van der Waals surface area (Å²) < 4.78 is 70.1. The highest BCUT2D eigenvalue weighted by molar-refractivity contribution is 7.84. The van der Waals surface area contributed by atoms with Crippen molar-refractivity contribution in [2.24, 2.45) is 0 Å². The quantitative estimate of drug-likeness (QED) is 0.342. The molecule has 3 aromatic rings. The fraction of sp³-hybridized carbons (Fsp3) is 0.400. The molecule has 194 valence electrons. The van der Waals surface area contributed by atoms with Gasteiger partial charge in [0.1, 0.15) is 28.8 Å². The van der Waals surface area contributed by atoms with Crippen molar-refractivity contribution in [3.63, 3.8) is 0 Å². The van der Waals surface area contributed by atoms with Crippen molar-refractivity contribution >= 4 is 33.2 Å². The highest BCUT2D eigenvalue weighted by Crippen LogP contribution is 2.35. The Morgan fingerprint density at radius 2 is 2.08 bits per heavy atom. The predicted octanol–water partition coefficient (Wildman–Crippen LogP) is 1.82. The molecule has 1 saturated carbocycles. The maximum absolute atomic E-state index is 13.1. The maximum Gasteiger partial charge on any atom is 0.425 e. The van der Waals surface area contributed by atoms with Gasteiger partial charge in [-0.15, -0.1) is 11.3 Å². The molecular weight excluding hydrogens is 525 g/mol. The fourth-order valence-electron chi connectivity index (χ4n) is 3.70. The van der Waals surface area contributed by atoms with Crippen LogP contribution in [0.4, 0.5) is 19.0 Å². The Balaban J connectivity index is 1.45. The van der Waals surface area contributed by atoms with Crippen LogP contribution in [0, 0.1) is 0 Å². The molecule has 0 aliphatic heterocycles. The first-order valence-corrected chi connectivity index (χ1v) is 12.8. The standard InChI is InChI=1S/C20H21F3N6O5S2/c1-24-36(32,33)34-16-7-11(6-15(16)30)27-19-13(8-25-10-26-19)18(31)14-4-5-29(28-14)9-12-2-3-17(35-12)20(21,22)23/h2-5,8,10-11,15-16,24,30H,6-7,9H2,1H3,(H,25,26,27)/t11-,15+,16-/m1/s1. The van der Waals surface area contributed by atoms with Gasteiger partial charge in [0, 0.05) is 30.4 Å². The number of thiophene rings is 1. The van der Waals surface area contributed by atoms with Crippen molar-refractivity contribution in [2.75, 3.05) is 12.4 Å². The van der Waals surface area contributed by atoms with Gasteiger partial charge in [-0.25, -0.2) is 9.97 Å². The highest BCUT2D eigenvalue weighted by Gasteiger charge is 2.37. The number of rotatable bonds is 9. The van der Waals surface area contributed by atoms with E-state index in [1.807, 2.05) is 4.72 Å². The molecule has 1 aliphatic carbocycles. The summed E-state index contributed by atoms with van der Waals surface area (Å²) in [5.41, 5.74) is 0.119. The molecule has 11 nitrogen and oxygen atoms in total. The Bertz CT molecular complexity index is 1340. The van der Waals surface area contributed by atoms with Gasteiger partial charge >= 0.3 is 16.5 Å². The van der Waals surface area contributed by atoms with Crippen LogP contribution in [-0.4, -0.2) is 64.4 Å². The van der Waals surface area contributed by atoms with Gasteiger partial charge in [-0.3, -0.25) is 13.7 Å². The molecule has 0 aromatic carbocycles. The number of anilines is 1. The van der Waals surface area contributed by atoms with Crippen molar-refractivity contribution in [2.45, 2.75) is 43.8 Å². The summed E-state index contributed by atoms with van der Waals surface area (Å²) in [5, 5.41) is 17.4. The van der Waals surface area contributed by atoms with E-state index in [0.717, 1.165) is 6.07 Å². The lowest BCUT2D eigenvalue weighted by atomic mass is 10.1. The second kappa shape index (κ2) is 10.2. The Labute approximate surface area is 207 Å². The summed E-state index contributed by atoms with van der Waals surface area (Å²) >= 11 is 0.601. The molecule has 0 amide bonds. The summed E-state index contributed by atoms with van der Waals surface area (Å²) in [7, 11) is -2.81. The zero-order valence-electron chi connectivity index (χ0n) is 18.6. The van der Waals surface area contributed by atoms with E-state index in [0.29, 0.717) is 16.2 Å². The number of aliphatic hydroxyl groups is 1. The van der Waals surface area contributed by atoms with E-state index in [9.17, 15) is 31.5 Å². The molecule has 0 radical (unpaired) electrons. The summed E-state index contributed by atoms with van der Waals surface area (Å²) in [4.78, 5) is 20.8.